The molecule has 0 fully saturated rings. The zero-order chi connectivity index (χ0) is 12.8. The summed E-state index contributed by atoms with van der Waals surface area (Å²) in [6, 6.07) is 1.86. The minimum Gasteiger partial charge on any atom is -0.396 e. The number of aliphatic hydroxyl groups excluding tert-OH is 1. The van der Waals surface area contributed by atoms with Gasteiger partial charge in [0.15, 0.2) is 0 Å². The average Bonchev–Trinajstić information content (AvgIpc) is 2.29. The first-order valence-electron chi connectivity index (χ1n) is 5.58. The van der Waals surface area contributed by atoms with E-state index in [2.05, 4.69) is 20.9 Å². The fourth-order valence-corrected chi connectivity index (χ4v) is 1.89. The lowest BCUT2D eigenvalue weighted by molar-refractivity contribution is 0.0692. The van der Waals surface area contributed by atoms with E-state index in [1.54, 1.807) is 23.4 Å². The first-order valence-corrected chi connectivity index (χ1v) is 6.38. The number of halogens is 1. The van der Waals surface area contributed by atoms with Gasteiger partial charge in [-0.05, 0) is 42.3 Å². The zero-order valence-corrected chi connectivity index (χ0v) is 11.6. The van der Waals surface area contributed by atoms with Crippen LogP contribution in [0.15, 0.2) is 22.9 Å². The van der Waals surface area contributed by atoms with Gasteiger partial charge in [0.2, 0.25) is 0 Å². The number of aromatic nitrogens is 1. The Morgan fingerprint density at radius 1 is 1.53 bits per heavy atom. The van der Waals surface area contributed by atoms with Gasteiger partial charge in [0, 0.05) is 36.1 Å². The summed E-state index contributed by atoms with van der Waals surface area (Å²) < 4.78 is 0.786. The Morgan fingerprint density at radius 2 is 2.24 bits per heavy atom. The maximum atomic E-state index is 12.2. The molecule has 0 saturated heterocycles. The molecule has 0 unspecified atom stereocenters. The van der Waals surface area contributed by atoms with Gasteiger partial charge in [-0.2, -0.15) is 0 Å². The van der Waals surface area contributed by atoms with Crippen LogP contribution in [0.1, 0.15) is 30.6 Å². The third-order valence-corrected chi connectivity index (χ3v) is 2.83. The van der Waals surface area contributed by atoms with Gasteiger partial charge in [0.25, 0.3) is 5.91 Å². The van der Waals surface area contributed by atoms with Crippen molar-refractivity contribution in [1.82, 2.24) is 9.88 Å². The van der Waals surface area contributed by atoms with Crippen LogP contribution in [0.25, 0.3) is 0 Å². The highest BCUT2D eigenvalue weighted by Gasteiger charge is 2.18. The summed E-state index contributed by atoms with van der Waals surface area (Å²) in [4.78, 5) is 17.9. The number of hydrogen-bond acceptors (Lipinski definition) is 3. The van der Waals surface area contributed by atoms with Crippen LogP contribution in [0.5, 0.6) is 0 Å². The number of pyridine rings is 1. The molecule has 17 heavy (non-hydrogen) atoms. The number of carbonyl (C=O) groups excluding carboxylic acids is 1. The Morgan fingerprint density at radius 3 is 2.76 bits per heavy atom. The number of rotatable bonds is 5. The molecule has 0 aliphatic carbocycles. The molecule has 5 heteroatoms. The second-order valence-corrected chi connectivity index (χ2v) is 4.98. The number of carbonyl (C=O) groups is 1. The molecular weight excluding hydrogens is 284 g/mol. The molecule has 0 saturated carbocycles. The van der Waals surface area contributed by atoms with Crippen LogP contribution >= 0.6 is 15.9 Å². The summed E-state index contributed by atoms with van der Waals surface area (Å²) in [5.41, 5.74) is 0.561. The molecule has 94 valence electrons. The molecule has 0 bridgehead atoms. The van der Waals surface area contributed by atoms with Gasteiger partial charge in [-0.25, -0.2) is 0 Å². The van der Waals surface area contributed by atoms with Crippen molar-refractivity contribution in [3.8, 4) is 0 Å². The van der Waals surface area contributed by atoms with Crippen LogP contribution in [-0.4, -0.2) is 40.1 Å². The molecule has 0 atom stereocenters. The second-order valence-electron chi connectivity index (χ2n) is 4.06. The molecule has 4 nitrogen and oxygen atoms in total. The van der Waals surface area contributed by atoms with Crippen molar-refractivity contribution < 1.29 is 9.90 Å². The summed E-state index contributed by atoms with van der Waals surface area (Å²) in [5.74, 6) is -0.0535. The molecule has 1 N–H and O–H groups in total. The largest absolute Gasteiger partial charge is 0.396 e. The Balaban J connectivity index is 2.84. The van der Waals surface area contributed by atoms with Crippen LogP contribution < -0.4 is 0 Å². The van der Waals surface area contributed by atoms with E-state index >= 15 is 0 Å². The van der Waals surface area contributed by atoms with E-state index in [1.165, 1.54) is 0 Å². The van der Waals surface area contributed by atoms with Gasteiger partial charge in [-0.3, -0.25) is 9.78 Å². The Kier molecular flexibility index (Phi) is 5.58. The highest BCUT2D eigenvalue weighted by atomic mass is 79.9. The van der Waals surface area contributed by atoms with Crippen molar-refractivity contribution >= 4 is 21.8 Å². The lowest BCUT2D eigenvalue weighted by atomic mass is 10.2. The lowest BCUT2D eigenvalue weighted by Gasteiger charge is -2.26. The van der Waals surface area contributed by atoms with Gasteiger partial charge < -0.3 is 10.0 Å². The topological polar surface area (TPSA) is 53.4 Å². The minimum atomic E-state index is -0.0535. The minimum absolute atomic E-state index is 0.0535. The van der Waals surface area contributed by atoms with Gasteiger partial charge in [-0.15, -0.1) is 0 Å². The molecule has 1 rings (SSSR count). The fourth-order valence-electron chi connectivity index (χ4n) is 1.53. The van der Waals surface area contributed by atoms with E-state index in [-0.39, 0.29) is 18.6 Å². The van der Waals surface area contributed by atoms with Gasteiger partial charge in [-0.1, -0.05) is 0 Å². The quantitative estimate of drug-likeness (QED) is 0.906. The van der Waals surface area contributed by atoms with Crippen molar-refractivity contribution in [2.45, 2.75) is 26.3 Å². The van der Waals surface area contributed by atoms with Crippen molar-refractivity contribution in [2.24, 2.45) is 0 Å². The average molecular weight is 301 g/mol. The summed E-state index contributed by atoms with van der Waals surface area (Å²) >= 11 is 3.30. The van der Waals surface area contributed by atoms with Crippen LogP contribution in [0, 0.1) is 0 Å². The van der Waals surface area contributed by atoms with Gasteiger partial charge >= 0.3 is 0 Å². The summed E-state index contributed by atoms with van der Waals surface area (Å²) in [6.07, 6.45) is 3.79. The monoisotopic (exact) mass is 300 g/mol. The molecule has 0 aliphatic rings. The first-order chi connectivity index (χ1) is 8.06. The van der Waals surface area contributed by atoms with Gasteiger partial charge in [0.1, 0.15) is 0 Å². The van der Waals surface area contributed by atoms with Crippen LogP contribution in [-0.2, 0) is 0 Å². The maximum Gasteiger partial charge on any atom is 0.255 e. The summed E-state index contributed by atoms with van der Waals surface area (Å²) in [6.45, 7) is 4.56. The molecule has 1 heterocycles. The normalized spacial score (nSPS) is 10.6. The number of nitrogens with zero attached hydrogens (tertiary/aromatic N) is 2. The molecule has 0 aliphatic heterocycles. The molecule has 1 aromatic rings. The number of hydrogen-bond donors (Lipinski definition) is 1. The van der Waals surface area contributed by atoms with E-state index < -0.39 is 0 Å². The Hall–Kier alpha value is -0.940. The SMILES string of the molecule is CC(C)N(CCCO)C(=O)c1cncc(Br)c1. The third-order valence-electron chi connectivity index (χ3n) is 2.39. The molecule has 0 spiro atoms. The number of aliphatic hydroxyl groups is 1. The van der Waals surface area contributed by atoms with Crippen LogP contribution in [0.2, 0.25) is 0 Å². The maximum absolute atomic E-state index is 12.2. The van der Waals surface area contributed by atoms with E-state index in [4.69, 9.17) is 5.11 Å². The van der Waals surface area contributed by atoms with Crippen LogP contribution in [0.3, 0.4) is 0 Å². The number of amides is 1. The first kappa shape index (κ1) is 14.1. The second kappa shape index (κ2) is 6.71. The zero-order valence-electron chi connectivity index (χ0n) is 10.1. The molecule has 0 aromatic carbocycles. The smallest absolute Gasteiger partial charge is 0.255 e. The highest BCUT2D eigenvalue weighted by molar-refractivity contribution is 9.10. The van der Waals surface area contributed by atoms with Crippen molar-refractivity contribution in [1.29, 1.82) is 0 Å². The van der Waals surface area contributed by atoms with Crippen molar-refractivity contribution in [2.75, 3.05) is 13.2 Å². The Labute approximate surface area is 110 Å². The summed E-state index contributed by atoms with van der Waals surface area (Å²) in [5, 5.41) is 8.84. The molecule has 1 aromatic heterocycles. The predicted octanol–water partition coefficient (Wildman–Crippen LogP) is 2.08. The molecule has 1 amide bonds. The van der Waals surface area contributed by atoms with E-state index in [1.807, 2.05) is 13.8 Å². The van der Waals surface area contributed by atoms with E-state index in [0.29, 0.717) is 18.5 Å². The molecule has 0 radical (unpaired) electrons. The van der Waals surface area contributed by atoms with E-state index in [9.17, 15) is 4.79 Å². The fraction of sp³-hybridized carbons (Fsp3) is 0.500. The van der Waals surface area contributed by atoms with E-state index in [0.717, 1.165) is 4.47 Å². The van der Waals surface area contributed by atoms with Crippen molar-refractivity contribution in [3.05, 3.63) is 28.5 Å². The van der Waals surface area contributed by atoms with Crippen molar-refractivity contribution in [3.63, 3.8) is 0 Å². The predicted molar refractivity (Wildman–Crippen MR) is 69.8 cm³/mol. The Bertz CT molecular complexity index is 383. The van der Waals surface area contributed by atoms with Gasteiger partial charge in [0.05, 0.1) is 5.56 Å². The third kappa shape index (κ3) is 4.09. The molecular formula is C12H17BrN2O2. The van der Waals surface area contributed by atoms with Crippen LogP contribution in [0.4, 0.5) is 0 Å². The standard InChI is InChI=1S/C12H17BrN2O2/c1-9(2)15(4-3-5-16)12(17)10-6-11(13)8-14-7-10/h6-9,16H,3-5H2,1-2H3. The lowest BCUT2D eigenvalue weighted by Crippen LogP contribution is -2.38. The summed E-state index contributed by atoms with van der Waals surface area (Å²) in [7, 11) is 0. The highest BCUT2D eigenvalue weighted by Crippen LogP contribution is 2.13.